The summed E-state index contributed by atoms with van der Waals surface area (Å²) >= 11 is 0. The number of nitrogens with zero attached hydrogens (tertiary/aromatic N) is 6. The predicted octanol–water partition coefficient (Wildman–Crippen LogP) is 12.4. The van der Waals surface area contributed by atoms with Crippen molar-refractivity contribution in [1.82, 2.24) is 29.5 Å². The largest absolute Gasteiger partial charge is 0.294 e. The van der Waals surface area contributed by atoms with Crippen LogP contribution in [0.2, 0.25) is 0 Å². The highest BCUT2D eigenvalue weighted by atomic mass is 15.1. The number of hydrogen-bond donors (Lipinski definition) is 0. The molecular weight excluding hydrogens is 697 g/mol. The number of pyridine rings is 1. The first-order valence-electron chi connectivity index (χ1n) is 19.0. The zero-order valence-corrected chi connectivity index (χ0v) is 30.7. The van der Waals surface area contributed by atoms with Crippen molar-refractivity contribution in [2.45, 2.75) is 0 Å². The molecule has 11 rings (SSSR count). The highest BCUT2D eigenvalue weighted by molar-refractivity contribution is 6.24. The van der Waals surface area contributed by atoms with E-state index >= 15 is 0 Å². The highest BCUT2D eigenvalue weighted by Gasteiger charge is 2.21. The Balaban J connectivity index is 1.21. The number of aromatic nitrogens is 6. The summed E-state index contributed by atoms with van der Waals surface area (Å²) in [6.07, 6.45) is 0. The van der Waals surface area contributed by atoms with Gasteiger partial charge in [-0.25, -0.2) is 24.9 Å². The molecule has 0 saturated carbocycles. The van der Waals surface area contributed by atoms with E-state index in [9.17, 15) is 0 Å². The van der Waals surface area contributed by atoms with Crippen molar-refractivity contribution in [1.29, 1.82) is 0 Å². The molecule has 6 heteroatoms. The SMILES string of the molecule is c1ccc(-c2cc(-c3cc(-c4cc(-c5ccccc5)nc(-c5ccccc5)n4)nc(-n4c5cccc6ccc7cccc4c7c65)c3)nc(-c3ccccc3)n2)cc1. The van der Waals surface area contributed by atoms with Gasteiger partial charge in [-0.3, -0.25) is 4.57 Å². The van der Waals surface area contributed by atoms with Crippen LogP contribution in [0.25, 0.3) is 106 Å². The first-order chi connectivity index (χ1) is 28.2. The smallest absolute Gasteiger partial charge is 0.160 e. The fourth-order valence-corrected chi connectivity index (χ4v) is 7.90. The summed E-state index contributed by atoms with van der Waals surface area (Å²) in [4.78, 5) is 26.1. The summed E-state index contributed by atoms with van der Waals surface area (Å²) in [5.41, 5.74) is 10.8. The molecule has 0 aliphatic rings. The molecular formula is C51H32N6. The summed E-state index contributed by atoms with van der Waals surface area (Å²) in [6.45, 7) is 0. The average Bonchev–Trinajstić information content (AvgIpc) is 3.65. The van der Waals surface area contributed by atoms with Crippen LogP contribution in [0.4, 0.5) is 0 Å². The lowest BCUT2D eigenvalue weighted by Gasteiger charge is -2.15. The van der Waals surface area contributed by atoms with Gasteiger partial charge in [0.05, 0.1) is 39.5 Å². The summed E-state index contributed by atoms with van der Waals surface area (Å²) < 4.78 is 2.28. The van der Waals surface area contributed by atoms with Gasteiger partial charge >= 0.3 is 0 Å². The normalized spacial score (nSPS) is 11.5. The van der Waals surface area contributed by atoms with Crippen LogP contribution in [0.5, 0.6) is 0 Å². The molecule has 0 unspecified atom stereocenters. The van der Waals surface area contributed by atoms with Crippen LogP contribution in [0.3, 0.4) is 0 Å². The Hall–Kier alpha value is -7.83. The van der Waals surface area contributed by atoms with E-state index in [1.165, 1.54) is 21.5 Å². The van der Waals surface area contributed by atoms with E-state index in [0.717, 1.165) is 61.8 Å². The third-order valence-electron chi connectivity index (χ3n) is 10.6. The zero-order valence-electron chi connectivity index (χ0n) is 30.7. The average molecular weight is 729 g/mol. The second-order valence-electron chi connectivity index (χ2n) is 14.1. The number of hydrogen-bond acceptors (Lipinski definition) is 5. The third kappa shape index (κ3) is 5.79. The molecule has 0 aliphatic heterocycles. The van der Waals surface area contributed by atoms with Gasteiger partial charge in [-0.1, -0.05) is 158 Å². The van der Waals surface area contributed by atoms with Crippen LogP contribution in [0.15, 0.2) is 194 Å². The molecule has 57 heavy (non-hydrogen) atoms. The molecule has 0 saturated heterocycles. The maximum Gasteiger partial charge on any atom is 0.160 e. The molecule has 7 aromatic carbocycles. The minimum Gasteiger partial charge on any atom is -0.294 e. The van der Waals surface area contributed by atoms with Gasteiger partial charge in [0.1, 0.15) is 5.82 Å². The molecule has 0 fully saturated rings. The Morgan fingerprint density at radius 2 is 0.684 bits per heavy atom. The Labute approximate surface area is 328 Å². The highest BCUT2D eigenvalue weighted by Crippen LogP contribution is 2.40. The molecule has 4 heterocycles. The Morgan fingerprint density at radius 3 is 1.18 bits per heavy atom. The molecule has 11 aromatic rings. The first-order valence-corrected chi connectivity index (χ1v) is 19.0. The standard InChI is InChI=1S/C51H32N6/c1-5-15-33(16-6-1)40-31-42(55-50(53-40)37-19-9-3-10-20-37)39-29-43(44-32-41(34-17-7-2-8-18-34)54-51(56-44)38-21-11-4-12-22-38)52-47(30-39)57-45-25-13-23-35-27-28-36-24-14-26-46(57)49(36)48(35)45/h1-32H. The van der Waals surface area contributed by atoms with Crippen LogP contribution in [0, 0.1) is 0 Å². The van der Waals surface area contributed by atoms with Crippen LogP contribution in [0.1, 0.15) is 0 Å². The number of benzene rings is 7. The quantitative estimate of drug-likeness (QED) is 0.153. The fraction of sp³-hybridized carbons (Fsp3) is 0. The summed E-state index contributed by atoms with van der Waals surface area (Å²) in [5, 5.41) is 4.83. The summed E-state index contributed by atoms with van der Waals surface area (Å²) in [5.74, 6) is 2.04. The second-order valence-corrected chi connectivity index (χ2v) is 14.1. The summed E-state index contributed by atoms with van der Waals surface area (Å²) in [6, 6.07) is 66.6. The minimum absolute atomic E-state index is 0.628. The van der Waals surface area contributed by atoms with E-state index in [0.29, 0.717) is 23.0 Å². The molecule has 0 N–H and O–H groups in total. The van der Waals surface area contributed by atoms with Gasteiger partial charge in [-0.15, -0.1) is 0 Å². The van der Waals surface area contributed by atoms with Gasteiger partial charge in [-0.05, 0) is 47.2 Å². The molecule has 0 bridgehead atoms. The molecule has 0 spiro atoms. The van der Waals surface area contributed by atoms with Crippen molar-refractivity contribution in [3.8, 4) is 73.8 Å². The van der Waals surface area contributed by atoms with E-state index in [4.69, 9.17) is 24.9 Å². The van der Waals surface area contributed by atoms with Crippen molar-refractivity contribution in [3.05, 3.63) is 194 Å². The van der Waals surface area contributed by atoms with E-state index < -0.39 is 0 Å². The van der Waals surface area contributed by atoms with Gasteiger partial charge in [0.25, 0.3) is 0 Å². The lowest BCUT2D eigenvalue weighted by Crippen LogP contribution is -2.03. The number of rotatable bonds is 7. The van der Waals surface area contributed by atoms with Gasteiger partial charge in [0.15, 0.2) is 11.6 Å². The fourth-order valence-electron chi connectivity index (χ4n) is 7.90. The van der Waals surface area contributed by atoms with Crippen molar-refractivity contribution in [3.63, 3.8) is 0 Å². The van der Waals surface area contributed by atoms with E-state index in [2.05, 4.69) is 108 Å². The molecule has 0 amide bonds. The van der Waals surface area contributed by atoms with E-state index in [-0.39, 0.29) is 0 Å². The van der Waals surface area contributed by atoms with Crippen molar-refractivity contribution in [2.75, 3.05) is 0 Å². The molecule has 6 nitrogen and oxygen atoms in total. The lowest BCUT2D eigenvalue weighted by atomic mass is 10.0. The molecule has 0 atom stereocenters. The van der Waals surface area contributed by atoms with Gasteiger partial charge in [0.2, 0.25) is 0 Å². The van der Waals surface area contributed by atoms with Crippen LogP contribution in [-0.4, -0.2) is 29.5 Å². The predicted molar refractivity (Wildman–Crippen MR) is 231 cm³/mol. The van der Waals surface area contributed by atoms with E-state index in [1.807, 2.05) is 91.0 Å². The lowest BCUT2D eigenvalue weighted by molar-refractivity contribution is 1.07. The Kier molecular flexibility index (Phi) is 7.71. The third-order valence-corrected chi connectivity index (χ3v) is 10.6. The Morgan fingerprint density at radius 1 is 0.281 bits per heavy atom. The topological polar surface area (TPSA) is 69.4 Å². The van der Waals surface area contributed by atoms with Gasteiger partial charge < -0.3 is 0 Å². The first kappa shape index (κ1) is 32.6. The van der Waals surface area contributed by atoms with Crippen LogP contribution < -0.4 is 0 Å². The van der Waals surface area contributed by atoms with Crippen molar-refractivity contribution < 1.29 is 0 Å². The van der Waals surface area contributed by atoms with Crippen molar-refractivity contribution >= 4 is 32.6 Å². The minimum atomic E-state index is 0.628. The van der Waals surface area contributed by atoms with Crippen LogP contribution >= 0.6 is 0 Å². The van der Waals surface area contributed by atoms with Gasteiger partial charge in [-0.2, -0.15) is 0 Å². The molecule has 0 aliphatic carbocycles. The second kappa shape index (κ2) is 13.5. The molecule has 266 valence electrons. The molecule has 0 radical (unpaired) electrons. The zero-order chi connectivity index (χ0) is 37.7. The van der Waals surface area contributed by atoms with Crippen LogP contribution in [-0.2, 0) is 0 Å². The molecule has 4 aromatic heterocycles. The monoisotopic (exact) mass is 728 g/mol. The summed E-state index contributed by atoms with van der Waals surface area (Å²) in [7, 11) is 0. The maximum absolute atomic E-state index is 5.49. The van der Waals surface area contributed by atoms with Gasteiger partial charge in [0, 0.05) is 38.6 Å². The maximum atomic E-state index is 5.49. The van der Waals surface area contributed by atoms with Crippen molar-refractivity contribution in [2.24, 2.45) is 0 Å². The van der Waals surface area contributed by atoms with E-state index in [1.54, 1.807) is 0 Å². The Bertz CT molecular complexity index is 2890.